The molecular weight excluding hydrogens is 260 g/mol. The second kappa shape index (κ2) is 6.61. The Morgan fingerprint density at radius 3 is 2.52 bits per heavy atom. The first kappa shape index (κ1) is 14.6. The van der Waals surface area contributed by atoms with E-state index in [0.29, 0.717) is 5.91 Å². The van der Waals surface area contributed by atoms with E-state index in [1.807, 2.05) is 0 Å². The van der Waals surface area contributed by atoms with Gasteiger partial charge >= 0.3 is 0 Å². The molecule has 3 rings (SSSR count). The summed E-state index contributed by atoms with van der Waals surface area (Å²) in [6.45, 7) is 7.11. The maximum atomic E-state index is 12.5. The van der Waals surface area contributed by atoms with E-state index < -0.39 is 0 Å². The Hall–Kier alpha value is -1.35. The van der Waals surface area contributed by atoms with Gasteiger partial charge in [-0.3, -0.25) is 9.69 Å². The number of aryl methyl sites for hydroxylation is 1. The molecule has 0 aromatic heterocycles. The Bertz CT molecular complexity index is 476. The lowest BCUT2D eigenvalue weighted by atomic mass is 9.96. The zero-order chi connectivity index (χ0) is 14.7. The van der Waals surface area contributed by atoms with Crippen LogP contribution in [0.2, 0.25) is 0 Å². The third-order valence-corrected chi connectivity index (χ3v) is 4.80. The summed E-state index contributed by atoms with van der Waals surface area (Å²) in [4.78, 5) is 17.1. The van der Waals surface area contributed by atoms with Crippen molar-refractivity contribution in [3.63, 3.8) is 0 Å². The smallest absolute Gasteiger partial charge is 0.226 e. The van der Waals surface area contributed by atoms with Gasteiger partial charge in [0.2, 0.25) is 5.91 Å². The number of carbonyl (C=O) groups excluding carboxylic acids is 1. The van der Waals surface area contributed by atoms with Crippen LogP contribution in [-0.2, 0) is 11.3 Å². The number of piperidine rings is 1. The predicted octanol–water partition coefficient (Wildman–Crippen LogP) is 2.83. The van der Waals surface area contributed by atoms with E-state index in [1.54, 1.807) is 0 Å². The Morgan fingerprint density at radius 2 is 1.81 bits per heavy atom. The maximum absolute atomic E-state index is 12.5. The van der Waals surface area contributed by atoms with Crippen molar-refractivity contribution in [2.24, 2.45) is 5.92 Å². The first-order valence-electron chi connectivity index (χ1n) is 8.29. The second-order valence-corrected chi connectivity index (χ2v) is 6.59. The first-order chi connectivity index (χ1) is 10.2. The van der Waals surface area contributed by atoms with Crippen molar-refractivity contribution in [2.45, 2.75) is 39.2 Å². The lowest BCUT2D eigenvalue weighted by Crippen LogP contribution is -2.43. The standard InChI is InChI=1S/C18H26N2O/c1-15-6-8-16(9-7-15)13-19-10-4-5-17(14-19)18(21)20-11-2-3-12-20/h6-9,17H,2-5,10-14H2,1H3/t17-/m0/s1. The molecule has 0 unspecified atom stereocenters. The highest BCUT2D eigenvalue weighted by atomic mass is 16.2. The number of hydrogen-bond donors (Lipinski definition) is 0. The molecule has 1 amide bonds. The zero-order valence-electron chi connectivity index (χ0n) is 13.1. The lowest BCUT2D eigenvalue weighted by molar-refractivity contribution is -0.136. The summed E-state index contributed by atoms with van der Waals surface area (Å²) >= 11 is 0. The number of nitrogens with zero attached hydrogens (tertiary/aromatic N) is 2. The second-order valence-electron chi connectivity index (χ2n) is 6.59. The lowest BCUT2D eigenvalue weighted by Gasteiger charge is -2.34. The highest BCUT2D eigenvalue weighted by Gasteiger charge is 2.30. The van der Waals surface area contributed by atoms with E-state index in [1.165, 1.54) is 24.0 Å². The topological polar surface area (TPSA) is 23.6 Å². The van der Waals surface area contributed by atoms with Crippen LogP contribution in [0, 0.1) is 12.8 Å². The molecule has 0 aliphatic carbocycles. The largest absolute Gasteiger partial charge is 0.342 e. The van der Waals surface area contributed by atoms with E-state index in [-0.39, 0.29) is 5.92 Å². The zero-order valence-corrected chi connectivity index (χ0v) is 13.1. The molecule has 0 bridgehead atoms. The van der Waals surface area contributed by atoms with E-state index in [4.69, 9.17) is 0 Å². The van der Waals surface area contributed by atoms with Gasteiger partial charge in [-0.25, -0.2) is 0 Å². The van der Waals surface area contributed by atoms with Gasteiger partial charge in [0.15, 0.2) is 0 Å². The van der Waals surface area contributed by atoms with Crippen LogP contribution in [-0.4, -0.2) is 41.9 Å². The number of rotatable bonds is 3. The average molecular weight is 286 g/mol. The summed E-state index contributed by atoms with van der Waals surface area (Å²) in [6.07, 6.45) is 4.59. The number of benzene rings is 1. The minimum Gasteiger partial charge on any atom is -0.342 e. The minimum atomic E-state index is 0.224. The summed E-state index contributed by atoms with van der Waals surface area (Å²) in [6, 6.07) is 8.76. The van der Waals surface area contributed by atoms with Crippen LogP contribution in [0.4, 0.5) is 0 Å². The summed E-state index contributed by atoms with van der Waals surface area (Å²) in [5.74, 6) is 0.628. The minimum absolute atomic E-state index is 0.224. The Kier molecular flexibility index (Phi) is 4.59. The number of carbonyl (C=O) groups is 1. The molecule has 3 nitrogen and oxygen atoms in total. The monoisotopic (exact) mass is 286 g/mol. The van der Waals surface area contributed by atoms with Gasteiger partial charge in [-0.1, -0.05) is 29.8 Å². The summed E-state index contributed by atoms with van der Waals surface area (Å²) in [5.41, 5.74) is 2.66. The quantitative estimate of drug-likeness (QED) is 0.853. The highest BCUT2D eigenvalue weighted by molar-refractivity contribution is 5.79. The van der Waals surface area contributed by atoms with Crippen molar-refractivity contribution in [1.82, 2.24) is 9.80 Å². The molecule has 3 heteroatoms. The molecule has 1 aromatic carbocycles. The molecule has 2 heterocycles. The van der Waals surface area contributed by atoms with Crippen LogP contribution in [0.5, 0.6) is 0 Å². The van der Waals surface area contributed by atoms with Crippen molar-refractivity contribution in [2.75, 3.05) is 26.2 Å². The molecule has 114 valence electrons. The van der Waals surface area contributed by atoms with Crippen molar-refractivity contribution in [3.05, 3.63) is 35.4 Å². The molecule has 2 saturated heterocycles. The Labute approximate surface area is 127 Å². The van der Waals surface area contributed by atoms with Crippen molar-refractivity contribution in [1.29, 1.82) is 0 Å². The van der Waals surface area contributed by atoms with E-state index in [9.17, 15) is 4.79 Å². The first-order valence-corrected chi connectivity index (χ1v) is 8.29. The van der Waals surface area contributed by atoms with Crippen LogP contribution in [0.15, 0.2) is 24.3 Å². The molecule has 0 saturated carbocycles. The van der Waals surface area contributed by atoms with Gasteiger partial charge in [0.05, 0.1) is 5.92 Å². The van der Waals surface area contributed by atoms with Gasteiger partial charge in [-0.15, -0.1) is 0 Å². The Morgan fingerprint density at radius 1 is 1.10 bits per heavy atom. The molecule has 1 aromatic rings. The van der Waals surface area contributed by atoms with Gasteiger partial charge in [-0.05, 0) is 44.7 Å². The molecule has 2 aliphatic rings. The molecule has 0 radical (unpaired) electrons. The third kappa shape index (κ3) is 3.65. The van der Waals surface area contributed by atoms with Crippen molar-refractivity contribution >= 4 is 5.91 Å². The molecule has 2 aliphatic heterocycles. The van der Waals surface area contributed by atoms with Gasteiger partial charge in [-0.2, -0.15) is 0 Å². The summed E-state index contributed by atoms with van der Waals surface area (Å²) in [7, 11) is 0. The maximum Gasteiger partial charge on any atom is 0.226 e. The highest BCUT2D eigenvalue weighted by Crippen LogP contribution is 2.22. The summed E-state index contributed by atoms with van der Waals surface area (Å²) in [5, 5.41) is 0. The molecular formula is C18H26N2O. The molecule has 21 heavy (non-hydrogen) atoms. The summed E-state index contributed by atoms with van der Waals surface area (Å²) < 4.78 is 0. The van der Waals surface area contributed by atoms with Crippen LogP contribution in [0.25, 0.3) is 0 Å². The predicted molar refractivity (Wildman–Crippen MR) is 85.0 cm³/mol. The van der Waals surface area contributed by atoms with E-state index in [0.717, 1.165) is 45.6 Å². The van der Waals surface area contributed by atoms with Crippen molar-refractivity contribution < 1.29 is 4.79 Å². The SMILES string of the molecule is Cc1ccc(CN2CCC[C@H](C(=O)N3CCCC3)C2)cc1. The van der Waals surface area contributed by atoms with Crippen LogP contribution in [0.1, 0.15) is 36.8 Å². The number of amides is 1. The number of likely N-dealkylation sites (tertiary alicyclic amines) is 2. The average Bonchev–Trinajstić information content (AvgIpc) is 3.03. The fourth-order valence-corrected chi connectivity index (χ4v) is 3.55. The molecule has 0 spiro atoms. The van der Waals surface area contributed by atoms with E-state index >= 15 is 0 Å². The van der Waals surface area contributed by atoms with E-state index in [2.05, 4.69) is 41.0 Å². The molecule has 1 atom stereocenters. The number of hydrogen-bond acceptors (Lipinski definition) is 2. The normalized spacial score (nSPS) is 23.5. The van der Waals surface area contributed by atoms with Gasteiger partial charge < -0.3 is 4.90 Å². The van der Waals surface area contributed by atoms with Gasteiger partial charge in [0, 0.05) is 26.2 Å². The Balaban J connectivity index is 1.57. The third-order valence-electron chi connectivity index (χ3n) is 4.80. The fraction of sp³-hybridized carbons (Fsp3) is 0.611. The van der Waals surface area contributed by atoms with Gasteiger partial charge in [0.1, 0.15) is 0 Å². The molecule has 2 fully saturated rings. The van der Waals surface area contributed by atoms with Crippen LogP contribution < -0.4 is 0 Å². The molecule has 0 N–H and O–H groups in total. The van der Waals surface area contributed by atoms with Crippen molar-refractivity contribution in [3.8, 4) is 0 Å². The van der Waals surface area contributed by atoms with Crippen LogP contribution >= 0.6 is 0 Å². The fourth-order valence-electron chi connectivity index (χ4n) is 3.55. The van der Waals surface area contributed by atoms with Crippen LogP contribution in [0.3, 0.4) is 0 Å². The van der Waals surface area contributed by atoms with Gasteiger partial charge in [0.25, 0.3) is 0 Å².